The quantitative estimate of drug-likeness (QED) is 0.455. The van der Waals surface area contributed by atoms with Crippen molar-refractivity contribution in [1.82, 2.24) is 14.2 Å². The van der Waals surface area contributed by atoms with Gasteiger partial charge in [-0.1, -0.05) is 23.7 Å². The van der Waals surface area contributed by atoms with E-state index < -0.39 is 0 Å². The van der Waals surface area contributed by atoms with Crippen molar-refractivity contribution < 1.29 is 9.21 Å². The normalized spacial score (nSPS) is 15.0. The molecule has 1 aliphatic heterocycles. The number of piperazine rings is 1. The lowest BCUT2D eigenvalue weighted by Crippen LogP contribution is -2.46. The van der Waals surface area contributed by atoms with Gasteiger partial charge in [-0.3, -0.25) is 4.79 Å². The van der Waals surface area contributed by atoms with Crippen LogP contribution in [0.2, 0.25) is 5.15 Å². The maximum absolute atomic E-state index is 12.4. The molecule has 28 heavy (non-hydrogen) atoms. The molecule has 1 fully saturated rings. The SMILES string of the molecule is Cc1ccc(-c2ccnc(Cl)c2)cc1SN1CCN(C(=O)c2ccco2)CC1. The monoisotopic (exact) mass is 413 g/mol. The molecule has 1 aromatic carbocycles. The molecule has 7 heteroatoms. The minimum absolute atomic E-state index is 0.0395. The topological polar surface area (TPSA) is 49.6 Å². The molecule has 3 aromatic rings. The molecule has 0 saturated carbocycles. The number of aryl methyl sites for hydroxylation is 1. The molecule has 0 unspecified atom stereocenters. The molecule has 1 aliphatic rings. The molecule has 0 spiro atoms. The Labute approximate surface area is 173 Å². The summed E-state index contributed by atoms with van der Waals surface area (Å²) in [6.45, 7) is 5.10. The van der Waals surface area contributed by atoms with Crippen molar-refractivity contribution in [3.63, 3.8) is 0 Å². The van der Waals surface area contributed by atoms with E-state index in [4.69, 9.17) is 16.0 Å². The van der Waals surface area contributed by atoms with Gasteiger partial charge in [-0.05, 0) is 65.9 Å². The van der Waals surface area contributed by atoms with Crippen LogP contribution in [0.25, 0.3) is 11.1 Å². The largest absolute Gasteiger partial charge is 0.459 e. The Kier molecular flexibility index (Phi) is 5.71. The van der Waals surface area contributed by atoms with Crippen molar-refractivity contribution in [1.29, 1.82) is 0 Å². The van der Waals surface area contributed by atoms with Crippen LogP contribution < -0.4 is 0 Å². The molecule has 2 aromatic heterocycles. The molecule has 5 nitrogen and oxygen atoms in total. The summed E-state index contributed by atoms with van der Waals surface area (Å²) < 4.78 is 7.53. The second kappa shape index (κ2) is 8.39. The van der Waals surface area contributed by atoms with Gasteiger partial charge in [-0.2, -0.15) is 0 Å². The van der Waals surface area contributed by atoms with E-state index in [0.29, 0.717) is 24.0 Å². The second-order valence-electron chi connectivity index (χ2n) is 6.64. The van der Waals surface area contributed by atoms with Gasteiger partial charge in [0, 0.05) is 37.3 Å². The number of halogens is 1. The Balaban J connectivity index is 1.42. The number of pyridine rings is 1. The minimum atomic E-state index is -0.0395. The van der Waals surface area contributed by atoms with Crippen molar-refractivity contribution >= 4 is 29.5 Å². The van der Waals surface area contributed by atoms with Crippen molar-refractivity contribution in [2.24, 2.45) is 0 Å². The lowest BCUT2D eigenvalue weighted by Gasteiger charge is -2.33. The fraction of sp³-hybridized carbons (Fsp3) is 0.238. The lowest BCUT2D eigenvalue weighted by atomic mass is 10.1. The summed E-state index contributed by atoms with van der Waals surface area (Å²) in [6.07, 6.45) is 3.25. The van der Waals surface area contributed by atoms with E-state index in [9.17, 15) is 4.79 Å². The molecule has 1 amide bonds. The van der Waals surface area contributed by atoms with E-state index in [-0.39, 0.29) is 5.91 Å². The van der Waals surface area contributed by atoms with Gasteiger partial charge in [0.05, 0.1) is 6.26 Å². The maximum atomic E-state index is 12.4. The zero-order valence-corrected chi connectivity index (χ0v) is 17.0. The standard InChI is InChI=1S/C21H20ClN3O2S/c1-15-4-5-16(17-6-7-23-20(22)14-17)13-19(15)28-25-10-8-24(9-11-25)21(26)18-3-2-12-27-18/h2-7,12-14H,8-11H2,1H3. The molecular weight excluding hydrogens is 394 g/mol. The number of hydrogen-bond acceptors (Lipinski definition) is 5. The van der Waals surface area contributed by atoms with Crippen LogP contribution in [-0.4, -0.2) is 46.3 Å². The number of furan rings is 1. The molecule has 144 valence electrons. The number of carbonyl (C=O) groups is 1. The van der Waals surface area contributed by atoms with Gasteiger partial charge in [0.2, 0.25) is 0 Å². The van der Waals surface area contributed by atoms with Crippen molar-refractivity contribution in [2.45, 2.75) is 11.8 Å². The highest BCUT2D eigenvalue weighted by atomic mass is 35.5. The molecule has 1 saturated heterocycles. The van der Waals surface area contributed by atoms with Crippen LogP contribution in [0.3, 0.4) is 0 Å². The van der Waals surface area contributed by atoms with Crippen LogP contribution in [0.5, 0.6) is 0 Å². The molecule has 3 heterocycles. The molecule has 0 atom stereocenters. The number of nitrogens with zero attached hydrogens (tertiary/aromatic N) is 3. The summed E-state index contributed by atoms with van der Waals surface area (Å²) in [5.74, 6) is 0.364. The zero-order valence-electron chi connectivity index (χ0n) is 15.5. The number of carbonyl (C=O) groups excluding carboxylic acids is 1. The Hall–Kier alpha value is -2.28. The summed E-state index contributed by atoms with van der Waals surface area (Å²) in [7, 11) is 0. The molecule has 0 bridgehead atoms. The number of amides is 1. The number of aromatic nitrogens is 1. The summed E-state index contributed by atoms with van der Waals surface area (Å²) in [5.41, 5.74) is 3.39. The highest BCUT2D eigenvalue weighted by Crippen LogP contribution is 2.32. The van der Waals surface area contributed by atoms with Gasteiger partial charge < -0.3 is 9.32 Å². The Bertz CT molecular complexity index is 970. The summed E-state index contributed by atoms with van der Waals surface area (Å²) in [6, 6.07) is 13.7. The number of hydrogen-bond donors (Lipinski definition) is 0. The fourth-order valence-electron chi connectivity index (χ4n) is 3.14. The van der Waals surface area contributed by atoms with Crippen LogP contribution in [0.4, 0.5) is 0 Å². The third kappa shape index (κ3) is 4.24. The molecular formula is C21H20ClN3O2S. The van der Waals surface area contributed by atoms with Gasteiger partial charge in [-0.25, -0.2) is 9.29 Å². The van der Waals surface area contributed by atoms with Crippen molar-refractivity contribution in [2.75, 3.05) is 26.2 Å². The second-order valence-corrected chi connectivity index (χ2v) is 8.16. The Morgan fingerprint density at radius 2 is 1.89 bits per heavy atom. The highest BCUT2D eigenvalue weighted by molar-refractivity contribution is 7.97. The molecule has 0 aliphatic carbocycles. The van der Waals surface area contributed by atoms with E-state index in [1.807, 2.05) is 17.0 Å². The van der Waals surface area contributed by atoms with Gasteiger partial charge in [0.1, 0.15) is 5.15 Å². The van der Waals surface area contributed by atoms with Crippen LogP contribution >= 0.6 is 23.5 Å². The average molecular weight is 414 g/mol. The van der Waals surface area contributed by atoms with Gasteiger partial charge in [0.25, 0.3) is 5.91 Å². The first-order valence-corrected chi connectivity index (χ1v) is 10.2. The molecule has 0 N–H and O–H groups in total. The van der Waals surface area contributed by atoms with E-state index in [2.05, 4.69) is 34.4 Å². The first-order chi connectivity index (χ1) is 13.6. The zero-order chi connectivity index (χ0) is 19.5. The molecule has 0 radical (unpaired) electrons. The van der Waals surface area contributed by atoms with Crippen LogP contribution in [0.15, 0.2) is 64.2 Å². The van der Waals surface area contributed by atoms with Gasteiger partial charge >= 0.3 is 0 Å². The van der Waals surface area contributed by atoms with Gasteiger partial charge in [0.15, 0.2) is 5.76 Å². The Morgan fingerprint density at radius 3 is 2.61 bits per heavy atom. The first-order valence-electron chi connectivity index (χ1n) is 9.08. The van der Waals surface area contributed by atoms with Crippen molar-refractivity contribution in [3.05, 3.63) is 71.4 Å². The minimum Gasteiger partial charge on any atom is -0.459 e. The Morgan fingerprint density at radius 1 is 1.11 bits per heavy atom. The lowest BCUT2D eigenvalue weighted by molar-refractivity contribution is 0.0672. The average Bonchev–Trinajstić information content (AvgIpc) is 3.24. The van der Waals surface area contributed by atoms with Crippen molar-refractivity contribution in [3.8, 4) is 11.1 Å². The molecule has 4 rings (SSSR count). The maximum Gasteiger partial charge on any atom is 0.289 e. The predicted octanol–water partition coefficient (Wildman–Crippen LogP) is 4.77. The summed E-state index contributed by atoms with van der Waals surface area (Å²) in [5, 5.41) is 0.490. The van der Waals surface area contributed by atoms with E-state index in [1.54, 1.807) is 30.3 Å². The summed E-state index contributed by atoms with van der Waals surface area (Å²) in [4.78, 5) is 19.5. The third-order valence-corrected chi connectivity index (χ3v) is 6.20. The van der Waals surface area contributed by atoms with Crippen LogP contribution in [0.1, 0.15) is 16.1 Å². The van der Waals surface area contributed by atoms with Crippen LogP contribution in [0, 0.1) is 6.92 Å². The van der Waals surface area contributed by atoms with E-state index >= 15 is 0 Å². The van der Waals surface area contributed by atoms with E-state index in [0.717, 1.165) is 24.2 Å². The fourth-order valence-corrected chi connectivity index (χ4v) is 4.33. The van der Waals surface area contributed by atoms with Gasteiger partial charge in [-0.15, -0.1) is 0 Å². The van der Waals surface area contributed by atoms with E-state index in [1.165, 1.54) is 16.7 Å². The first kappa shape index (κ1) is 19.1. The predicted molar refractivity (Wildman–Crippen MR) is 111 cm³/mol. The highest BCUT2D eigenvalue weighted by Gasteiger charge is 2.24. The number of benzene rings is 1. The third-order valence-electron chi connectivity index (χ3n) is 4.73. The number of rotatable bonds is 4. The summed E-state index contributed by atoms with van der Waals surface area (Å²) >= 11 is 7.77. The smallest absolute Gasteiger partial charge is 0.289 e. The van der Waals surface area contributed by atoms with Crippen LogP contribution in [-0.2, 0) is 0 Å².